The van der Waals surface area contributed by atoms with Crippen LogP contribution < -0.4 is 0 Å². The van der Waals surface area contributed by atoms with Gasteiger partial charge < -0.3 is 9.13 Å². The molecule has 0 unspecified atom stereocenters. The van der Waals surface area contributed by atoms with Gasteiger partial charge in [0.05, 0.1) is 43.3 Å². The number of non-ortho nitro benzene ring substituents is 2. The van der Waals surface area contributed by atoms with Gasteiger partial charge in [0.1, 0.15) is 22.8 Å². The fourth-order valence-corrected chi connectivity index (χ4v) is 7.85. The maximum Gasteiger partial charge on any atom is 0.269 e. The minimum absolute atomic E-state index is 0.0657. The maximum absolute atomic E-state index is 11.9. The third-order valence-corrected chi connectivity index (χ3v) is 10.7. The zero-order valence-electron chi connectivity index (χ0n) is 32.1. The summed E-state index contributed by atoms with van der Waals surface area (Å²) in [6.45, 7) is 0. The third kappa shape index (κ3) is 5.81. The highest BCUT2D eigenvalue weighted by Crippen LogP contribution is 2.48. The van der Waals surface area contributed by atoms with Crippen LogP contribution in [-0.2, 0) is 14.1 Å². The fourth-order valence-electron chi connectivity index (χ4n) is 7.85. The molecule has 4 aromatic heterocycles. The van der Waals surface area contributed by atoms with Crippen LogP contribution in [0.1, 0.15) is 0 Å². The quantitative estimate of drug-likeness (QED) is 0.103. The van der Waals surface area contributed by atoms with E-state index in [2.05, 4.69) is 0 Å². The zero-order chi connectivity index (χ0) is 41.1. The number of aryl methyl sites for hydroxylation is 2. The molecule has 0 radical (unpaired) electrons. The molecule has 0 fully saturated rings. The number of rotatable bonds is 9. The Morgan fingerprint density at radius 1 is 0.450 bits per heavy atom. The van der Waals surface area contributed by atoms with E-state index in [-0.39, 0.29) is 11.4 Å². The monoisotopic (exact) mass is 788 g/mol. The normalized spacial score (nSPS) is 11.4. The topological polar surface area (TPSA) is 158 Å². The van der Waals surface area contributed by atoms with Gasteiger partial charge in [-0.1, -0.05) is 60.7 Å². The van der Waals surface area contributed by atoms with Crippen molar-refractivity contribution in [3.8, 4) is 68.1 Å². The number of imidazole rings is 2. The predicted octanol–water partition coefficient (Wildman–Crippen LogP) is 9.98. The highest BCUT2D eigenvalue weighted by molar-refractivity contribution is 6.00. The Balaban J connectivity index is 1.39. The number of aromatic nitrogens is 8. The van der Waals surface area contributed by atoms with Crippen molar-refractivity contribution in [1.29, 1.82) is 0 Å². The van der Waals surface area contributed by atoms with Crippen molar-refractivity contribution in [2.75, 3.05) is 0 Å². The Morgan fingerprint density at radius 2 is 0.800 bits per heavy atom. The van der Waals surface area contributed by atoms with Crippen LogP contribution in [0.2, 0.25) is 0 Å². The average molecular weight is 789 g/mol. The standard InChI is InChI=1S/C46H32N10O4/c1-51-37-19-11-9-17-35(37)47-45(51)43-39(29-21-25-33(26-22-29)55(57)58)41(49-53(43)31-13-5-3-6-14-31)42-40(30-23-27-34(28-24-30)56(59)60)44(54(50-42)32-15-7-4-8-16-32)46-48-36-18-10-12-20-38(36)52(46)2/h3-28H,1-2H3. The third-order valence-electron chi connectivity index (χ3n) is 10.7. The molecule has 14 heteroatoms. The number of nitro benzene ring substituents is 2. The smallest absolute Gasteiger partial charge is 0.269 e. The van der Waals surface area contributed by atoms with Crippen LogP contribution in [0.15, 0.2) is 158 Å². The first kappa shape index (κ1) is 35.9. The lowest BCUT2D eigenvalue weighted by Gasteiger charge is -2.11. The second kappa shape index (κ2) is 14.1. The van der Waals surface area contributed by atoms with Crippen LogP contribution in [-0.4, -0.2) is 48.5 Å². The average Bonchev–Trinajstić information content (AvgIpc) is 4.05. The van der Waals surface area contributed by atoms with Gasteiger partial charge in [-0.05, 0) is 83.9 Å². The second-order valence-corrected chi connectivity index (χ2v) is 14.2. The first-order valence-electron chi connectivity index (χ1n) is 19.0. The van der Waals surface area contributed by atoms with E-state index in [9.17, 15) is 20.2 Å². The molecular formula is C46H32N10O4. The number of nitrogens with zero attached hydrogens (tertiary/aromatic N) is 10. The van der Waals surface area contributed by atoms with Crippen molar-refractivity contribution >= 4 is 33.4 Å². The van der Waals surface area contributed by atoms with Gasteiger partial charge >= 0.3 is 0 Å². The van der Waals surface area contributed by atoms with Crippen molar-refractivity contribution in [1.82, 2.24) is 38.7 Å². The molecular weight excluding hydrogens is 757 g/mol. The fraction of sp³-hybridized carbons (Fsp3) is 0.0435. The minimum atomic E-state index is -0.429. The maximum atomic E-state index is 11.9. The van der Waals surface area contributed by atoms with Gasteiger partial charge in [-0.25, -0.2) is 19.3 Å². The second-order valence-electron chi connectivity index (χ2n) is 14.2. The Bertz CT molecular complexity index is 3050. The van der Waals surface area contributed by atoms with Crippen molar-refractivity contribution < 1.29 is 9.85 Å². The number of hydrogen-bond donors (Lipinski definition) is 0. The molecule has 14 nitrogen and oxygen atoms in total. The molecule has 0 aliphatic carbocycles. The molecule has 290 valence electrons. The summed E-state index contributed by atoms with van der Waals surface area (Å²) in [7, 11) is 3.89. The lowest BCUT2D eigenvalue weighted by Crippen LogP contribution is -2.03. The van der Waals surface area contributed by atoms with Gasteiger partial charge in [-0.2, -0.15) is 10.2 Å². The Morgan fingerprint density at radius 3 is 1.15 bits per heavy atom. The largest absolute Gasteiger partial charge is 0.326 e. The van der Waals surface area contributed by atoms with Gasteiger partial charge in [-0.3, -0.25) is 20.2 Å². The van der Waals surface area contributed by atoms with Gasteiger partial charge in [0, 0.05) is 49.5 Å². The van der Waals surface area contributed by atoms with Crippen molar-refractivity contribution in [3.05, 3.63) is 178 Å². The summed E-state index contributed by atoms with van der Waals surface area (Å²) >= 11 is 0. The molecule has 10 aromatic rings. The summed E-state index contributed by atoms with van der Waals surface area (Å²) in [4.78, 5) is 33.3. The van der Waals surface area contributed by atoms with Crippen LogP contribution in [0.25, 0.3) is 90.1 Å². The Hall–Kier alpha value is -8.52. The first-order chi connectivity index (χ1) is 29.3. The van der Waals surface area contributed by atoms with E-state index < -0.39 is 9.85 Å². The molecule has 0 spiro atoms. The van der Waals surface area contributed by atoms with Gasteiger partial charge in [-0.15, -0.1) is 0 Å². The SMILES string of the molecule is Cn1c(-c2c(-c3ccc([N+](=O)[O-])cc3)c(-c3nn(-c4ccccc4)c(-c4nc5ccccc5n4C)c3-c3ccc([N+](=O)[O-])cc3)nn2-c2ccccc2)nc2ccccc21. The number of para-hydroxylation sites is 6. The molecule has 60 heavy (non-hydrogen) atoms. The molecule has 0 atom stereocenters. The van der Waals surface area contributed by atoms with Crippen LogP contribution in [0.5, 0.6) is 0 Å². The van der Waals surface area contributed by atoms with Gasteiger partial charge in [0.2, 0.25) is 0 Å². The van der Waals surface area contributed by atoms with Gasteiger partial charge in [0.15, 0.2) is 11.6 Å². The first-order valence-corrected chi connectivity index (χ1v) is 19.0. The Labute approximate surface area is 341 Å². The van der Waals surface area contributed by atoms with Crippen LogP contribution in [0.4, 0.5) is 11.4 Å². The summed E-state index contributed by atoms with van der Waals surface area (Å²) in [5.74, 6) is 1.20. The van der Waals surface area contributed by atoms with E-state index in [1.807, 2.05) is 142 Å². The van der Waals surface area contributed by atoms with Crippen LogP contribution >= 0.6 is 0 Å². The van der Waals surface area contributed by atoms with Crippen molar-refractivity contribution in [2.24, 2.45) is 14.1 Å². The van der Waals surface area contributed by atoms with Gasteiger partial charge in [0.25, 0.3) is 11.4 Å². The van der Waals surface area contributed by atoms with E-state index >= 15 is 0 Å². The van der Waals surface area contributed by atoms with Crippen LogP contribution in [0.3, 0.4) is 0 Å². The highest BCUT2D eigenvalue weighted by Gasteiger charge is 2.33. The number of hydrogen-bond acceptors (Lipinski definition) is 8. The zero-order valence-corrected chi connectivity index (χ0v) is 32.1. The van der Waals surface area contributed by atoms with E-state index in [1.54, 1.807) is 24.3 Å². The molecule has 6 aromatic carbocycles. The van der Waals surface area contributed by atoms with Crippen LogP contribution in [0, 0.1) is 20.2 Å². The highest BCUT2D eigenvalue weighted by atomic mass is 16.6. The summed E-state index contributed by atoms with van der Waals surface area (Å²) in [5.41, 5.74) is 9.31. The Kier molecular flexibility index (Phi) is 8.45. The number of benzene rings is 6. The van der Waals surface area contributed by atoms with E-state index in [0.717, 1.165) is 33.4 Å². The number of nitro groups is 2. The molecule has 4 heterocycles. The molecule has 0 saturated heterocycles. The molecule has 0 aliphatic rings. The number of fused-ring (bicyclic) bond motifs is 2. The minimum Gasteiger partial charge on any atom is -0.326 e. The van der Waals surface area contributed by atoms with E-state index in [4.69, 9.17) is 20.2 Å². The van der Waals surface area contributed by atoms with Crippen molar-refractivity contribution in [3.63, 3.8) is 0 Å². The predicted molar refractivity (Wildman–Crippen MR) is 230 cm³/mol. The lowest BCUT2D eigenvalue weighted by atomic mass is 9.95. The lowest BCUT2D eigenvalue weighted by molar-refractivity contribution is -0.385. The molecule has 0 N–H and O–H groups in total. The van der Waals surface area contributed by atoms with E-state index in [1.165, 1.54) is 24.3 Å². The molecule has 0 saturated carbocycles. The van der Waals surface area contributed by atoms with Crippen molar-refractivity contribution in [2.45, 2.75) is 0 Å². The molecule has 0 amide bonds. The summed E-state index contributed by atoms with van der Waals surface area (Å²) in [6.07, 6.45) is 0. The van der Waals surface area contributed by atoms with E-state index in [0.29, 0.717) is 56.7 Å². The summed E-state index contributed by atoms with van der Waals surface area (Å²) in [6, 6.07) is 47.8. The molecule has 10 rings (SSSR count). The summed E-state index contributed by atoms with van der Waals surface area (Å²) in [5, 5.41) is 34.7. The molecule has 0 bridgehead atoms. The summed E-state index contributed by atoms with van der Waals surface area (Å²) < 4.78 is 7.69. The molecule has 0 aliphatic heterocycles.